The maximum Gasteiger partial charge on any atom is 0.283 e. The summed E-state index contributed by atoms with van der Waals surface area (Å²) in [6, 6.07) is 3.20. The monoisotopic (exact) mass is 259 g/mol. The first-order chi connectivity index (χ1) is 6.09. The molecule has 1 rings (SSSR count). The number of rotatable bonds is 3. The molecular formula is C8H10BrN3O2. The van der Waals surface area contributed by atoms with Crippen molar-refractivity contribution in [2.75, 3.05) is 0 Å². The molecule has 0 aliphatic heterocycles. The molecular weight excluding hydrogens is 250 g/mol. The number of primary amides is 2. The van der Waals surface area contributed by atoms with Gasteiger partial charge in [0.25, 0.3) is 11.8 Å². The van der Waals surface area contributed by atoms with E-state index in [9.17, 15) is 9.59 Å². The maximum atomic E-state index is 10.7. The van der Waals surface area contributed by atoms with Crippen LogP contribution in [0.5, 0.6) is 0 Å². The van der Waals surface area contributed by atoms with Gasteiger partial charge in [-0.05, 0) is 6.07 Å². The minimum atomic E-state index is -0.529. The summed E-state index contributed by atoms with van der Waals surface area (Å²) >= 11 is 0. The van der Waals surface area contributed by atoms with Crippen LogP contribution in [0.4, 0.5) is 0 Å². The van der Waals surface area contributed by atoms with Crippen molar-refractivity contribution in [3.8, 4) is 0 Å². The molecule has 0 radical (unpaired) electrons. The van der Waals surface area contributed by atoms with E-state index < -0.39 is 11.8 Å². The van der Waals surface area contributed by atoms with Crippen LogP contribution in [0.2, 0.25) is 0 Å². The van der Waals surface area contributed by atoms with E-state index in [1.54, 1.807) is 18.3 Å². The molecule has 0 bridgehead atoms. The first kappa shape index (κ1) is 12.6. The quantitative estimate of drug-likeness (QED) is 0.537. The topological polar surface area (TPSA) is 90.1 Å². The van der Waals surface area contributed by atoms with Crippen molar-refractivity contribution in [2.24, 2.45) is 11.5 Å². The molecule has 0 atom stereocenters. The fourth-order valence-corrected chi connectivity index (χ4v) is 0.946. The molecule has 4 N–H and O–H groups in total. The zero-order valence-electron chi connectivity index (χ0n) is 7.31. The average molecular weight is 260 g/mol. The predicted molar refractivity (Wildman–Crippen MR) is 44.3 cm³/mol. The second-order valence-corrected chi connectivity index (χ2v) is 2.60. The number of hydrogen-bond donors (Lipinski definition) is 2. The van der Waals surface area contributed by atoms with Crippen molar-refractivity contribution in [2.45, 2.75) is 6.54 Å². The summed E-state index contributed by atoms with van der Waals surface area (Å²) in [6.45, 7) is 0.0428. The van der Waals surface area contributed by atoms with Crippen LogP contribution in [0.15, 0.2) is 24.5 Å². The van der Waals surface area contributed by atoms with Crippen molar-refractivity contribution >= 4 is 11.8 Å². The summed E-state index contributed by atoms with van der Waals surface area (Å²) in [6.07, 6.45) is 3.12. The highest BCUT2D eigenvalue weighted by Gasteiger charge is 2.08. The summed E-state index contributed by atoms with van der Waals surface area (Å²) in [5, 5.41) is 0. The van der Waals surface area contributed by atoms with Crippen LogP contribution in [0, 0.1) is 0 Å². The first-order valence-electron chi connectivity index (χ1n) is 3.67. The molecule has 0 aliphatic rings. The van der Waals surface area contributed by atoms with E-state index in [0.29, 0.717) is 5.56 Å². The van der Waals surface area contributed by atoms with Gasteiger partial charge in [0.1, 0.15) is 5.56 Å². The number of hydrogen-bond acceptors (Lipinski definition) is 2. The number of carbonyl (C=O) groups excluding carboxylic acids is 2. The van der Waals surface area contributed by atoms with Crippen molar-refractivity contribution < 1.29 is 31.1 Å². The second-order valence-electron chi connectivity index (χ2n) is 2.60. The van der Waals surface area contributed by atoms with Gasteiger partial charge in [-0.15, -0.1) is 0 Å². The van der Waals surface area contributed by atoms with Crippen LogP contribution in [-0.4, -0.2) is 11.8 Å². The SMILES string of the molecule is NC(=O)C[n+]1cccc(C(N)=O)c1.[Br-]. The maximum absolute atomic E-state index is 10.7. The summed E-state index contributed by atoms with van der Waals surface area (Å²) < 4.78 is 1.50. The minimum absolute atomic E-state index is 0. The van der Waals surface area contributed by atoms with Crippen LogP contribution < -0.4 is 33.0 Å². The van der Waals surface area contributed by atoms with Gasteiger partial charge in [-0.2, -0.15) is 4.57 Å². The number of nitrogens with zero attached hydrogens (tertiary/aromatic N) is 1. The van der Waals surface area contributed by atoms with Crippen molar-refractivity contribution in [3.63, 3.8) is 0 Å². The van der Waals surface area contributed by atoms with Crippen LogP contribution >= 0.6 is 0 Å². The number of carbonyl (C=O) groups is 2. The van der Waals surface area contributed by atoms with E-state index in [-0.39, 0.29) is 23.5 Å². The van der Waals surface area contributed by atoms with Gasteiger partial charge in [0.15, 0.2) is 12.4 Å². The number of amides is 2. The molecule has 5 nitrogen and oxygen atoms in total. The number of aromatic nitrogens is 1. The molecule has 0 aromatic carbocycles. The molecule has 0 spiro atoms. The normalized spacial score (nSPS) is 8.86. The first-order valence-corrected chi connectivity index (χ1v) is 3.67. The van der Waals surface area contributed by atoms with E-state index in [1.165, 1.54) is 10.8 Å². The lowest BCUT2D eigenvalue weighted by atomic mass is 10.3. The predicted octanol–water partition coefficient (Wildman–Crippen LogP) is -4.44. The molecule has 1 heterocycles. The Labute approximate surface area is 91.5 Å². The third-order valence-corrected chi connectivity index (χ3v) is 1.48. The molecule has 2 amide bonds. The van der Waals surface area contributed by atoms with Gasteiger partial charge in [0, 0.05) is 6.07 Å². The smallest absolute Gasteiger partial charge is 0.283 e. The van der Waals surface area contributed by atoms with E-state index >= 15 is 0 Å². The summed E-state index contributed by atoms with van der Waals surface area (Å²) in [5.74, 6) is -0.995. The van der Waals surface area contributed by atoms with E-state index in [0.717, 1.165) is 0 Å². The molecule has 76 valence electrons. The lowest BCUT2D eigenvalue weighted by Crippen LogP contribution is -3.00. The molecule has 0 aliphatic carbocycles. The zero-order valence-corrected chi connectivity index (χ0v) is 8.90. The van der Waals surface area contributed by atoms with Gasteiger partial charge >= 0.3 is 0 Å². The molecule has 14 heavy (non-hydrogen) atoms. The van der Waals surface area contributed by atoms with Crippen molar-refractivity contribution in [1.29, 1.82) is 0 Å². The number of pyridine rings is 1. The summed E-state index contributed by atoms with van der Waals surface area (Å²) in [5.41, 5.74) is 10.4. The molecule has 6 heteroatoms. The molecule has 0 unspecified atom stereocenters. The summed E-state index contributed by atoms with van der Waals surface area (Å²) in [4.78, 5) is 21.3. The largest absolute Gasteiger partial charge is 1.00 e. The lowest BCUT2D eigenvalue weighted by molar-refractivity contribution is -0.684. The zero-order chi connectivity index (χ0) is 9.84. The molecule has 0 saturated heterocycles. The van der Waals surface area contributed by atoms with E-state index in [4.69, 9.17) is 11.5 Å². The molecule has 1 aromatic rings. The minimum Gasteiger partial charge on any atom is -1.00 e. The van der Waals surface area contributed by atoms with Crippen molar-refractivity contribution in [3.05, 3.63) is 30.1 Å². The fourth-order valence-electron chi connectivity index (χ4n) is 0.946. The molecule has 0 saturated carbocycles. The Morgan fingerprint density at radius 1 is 1.36 bits per heavy atom. The van der Waals surface area contributed by atoms with Gasteiger partial charge in [-0.3, -0.25) is 9.59 Å². The highest BCUT2D eigenvalue weighted by Crippen LogP contribution is 1.91. The highest BCUT2D eigenvalue weighted by atomic mass is 79.9. The Balaban J connectivity index is 0.00000169. The number of halogens is 1. The van der Waals surface area contributed by atoms with E-state index in [2.05, 4.69) is 0 Å². The fraction of sp³-hybridized carbons (Fsp3) is 0.125. The van der Waals surface area contributed by atoms with Crippen LogP contribution in [-0.2, 0) is 11.3 Å². The standard InChI is InChI=1S/C8H9N3O2.BrH/c9-7(12)5-11-3-1-2-6(4-11)8(10)13;/h1-4H,5H2,(H3-,9,10,12,13);1H. The third-order valence-electron chi connectivity index (χ3n) is 1.48. The van der Waals surface area contributed by atoms with Crippen LogP contribution in [0.3, 0.4) is 0 Å². The van der Waals surface area contributed by atoms with Gasteiger partial charge < -0.3 is 28.4 Å². The Kier molecular flexibility index (Phi) is 4.79. The van der Waals surface area contributed by atoms with Gasteiger partial charge in [-0.25, -0.2) is 0 Å². The average Bonchev–Trinajstić information content (AvgIpc) is 2.03. The van der Waals surface area contributed by atoms with Gasteiger partial charge in [-0.1, -0.05) is 0 Å². The van der Waals surface area contributed by atoms with Crippen LogP contribution in [0.25, 0.3) is 0 Å². The Bertz CT molecular complexity index is 354. The molecule has 1 aromatic heterocycles. The second kappa shape index (κ2) is 5.33. The number of nitrogens with two attached hydrogens (primary N) is 2. The molecule has 0 fully saturated rings. The van der Waals surface area contributed by atoms with Gasteiger partial charge in [0.05, 0.1) is 0 Å². The summed E-state index contributed by atoms with van der Waals surface area (Å²) in [7, 11) is 0. The van der Waals surface area contributed by atoms with Crippen molar-refractivity contribution in [1.82, 2.24) is 0 Å². The third kappa shape index (κ3) is 3.53. The Hall–Kier alpha value is -1.43. The van der Waals surface area contributed by atoms with Crippen LogP contribution in [0.1, 0.15) is 10.4 Å². The Morgan fingerprint density at radius 3 is 2.50 bits per heavy atom. The van der Waals surface area contributed by atoms with Gasteiger partial charge in [0.2, 0.25) is 6.54 Å². The Morgan fingerprint density at radius 2 is 2.00 bits per heavy atom. The lowest BCUT2D eigenvalue weighted by Gasteiger charge is -1.94. The highest BCUT2D eigenvalue weighted by molar-refractivity contribution is 5.92. The van der Waals surface area contributed by atoms with E-state index in [1.807, 2.05) is 0 Å².